The number of halogens is 2. The van der Waals surface area contributed by atoms with E-state index in [1.165, 1.54) is 6.07 Å². The number of rotatable bonds is 4. The first-order valence-electron chi connectivity index (χ1n) is 5.90. The van der Waals surface area contributed by atoms with Crippen LogP contribution in [0, 0.1) is 5.82 Å². The Hall–Kier alpha value is -1.32. The van der Waals surface area contributed by atoms with E-state index >= 15 is 0 Å². The maximum Gasteiger partial charge on any atom is 0.142 e. The summed E-state index contributed by atoms with van der Waals surface area (Å²) < 4.78 is 15.4. The highest BCUT2D eigenvalue weighted by atomic mass is 35.5. The van der Waals surface area contributed by atoms with E-state index in [1.807, 2.05) is 35.9 Å². The van der Waals surface area contributed by atoms with E-state index in [9.17, 15) is 4.39 Å². The first kappa shape index (κ1) is 13.1. The van der Waals surface area contributed by atoms with Crippen LogP contribution < -0.4 is 5.73 Å². The van der Waals surface area contributed by atoms with Gasteiger partial charge in [-0.2, -0.15) is 0 Å². The van der Waals surface area contributed by atoms with Gasteiger partial charge in [-0.05, 0) is 30.7 Å². The monoisotopic (exact) mass is 266 g/mol. The summed E-state index contributed by atoms with van der Waals surface area (Å²) in [5, 5.41) is 0.193. The summed E-state index contributed by atoms with van der Waals surface area (Å²) in [5.74, 6) is -0.380. The Balaban J connectivity index is 2.24. The average molecular weight is 267 g/mol. The molecule has 1 unspecified atom stereocenters. The molecule has 96 valence electrons. The molecular formula is C14H16ClFN2. The molecule has 0 fully saturated rings. The molecule has 18 heavy (non-hydrogen) atoms. The van der Waals surface area contributed by atoms with Crippen LogP contribution in [0.2, 0.25) is 5.02 Å². The predicted octanol–water partition coefficient (Wildman–Crippen LogP) is 3.22. The Labute approximate surface area is 111 Å². The Morgan fingerprint density at radius 1 is 1.33 bits per heavy atom. The number of hydrogen-bond donors (Lipinski definition) is 1. The zero-order valence-electron chi connectivity index (χ0n) is 10.2. The van der Waals surface area contributed by atoms with Gasteiger partial charge in [-0.25, -0.2) is 4.39 Å². The second-order valence-corrected chi connectivity index (χ2v) is 4.90. The van der Waals surface area contributed by atoms with Gasteiger partial charge in [-0.15, -0.1) is 0 Å². The number of hydrogen-bond acceptors (Lipinski definition) is 1. The molecule has 2 nitrogen and oxygen atoms in total. The van der Waals surface area contributed by atoms with Crippen LogP contribution in [0.1, 0.15) is 18.2 Å². The molecule has 0 aliphatic rings. The van der Waals surface area contributed by atoms with Gasteiger partial charge in [0, 0.05) is 30.9 Å². The second-order valence-electron chi connectivity index (χ2n) is 4.52. The summed E-state index contributed by atoms with van der Waals surface area (Å²) in [4.78, 5) is 0. The fourth-order valence-electron chi connectivity index (χ4n) is 1.97. The van der Waals surface area contributed by atoms with Crippen molar-refractivity contribution < 1.29 is 4.39 Å². The van der Waals surface area contributed by atoms with Gasteiger partial charge in [0.15, 0.2) is 0 Å². The summed E-state index contributed by atoms with van der Waals surface area (Å²) in [7, 11) is 0. The van der Waals surface area contributed by atoms with Crippen LogP contribution in [0.3, 0.4) is 0 Å². The van der Waals surface area contributed by atoms with Gasteiger partial charge in [0.05, 0.1) is 5.02 Å². The molecule has 2 N–H and O–H groups in total. The molecule has 2 rings (SSSR count). The minimum atomic E-state index is -0.380. The molecule has 4 heteroatoms. The third kappa shape index (κ3) is 2.92. The molecule has 1 aromatic carbocycles. The van der Waals surface area contributed by atoms with Crippen molar-refractivity contribution in [3.8, 4) is 0 Å². The zero-order valence-corrected chi connectivity index (χ0v) is 11.0. The lowest BCUT2D eigenvalue weighted by atomic mass is 10.2. The highest BCUT2D eigenvalue weighted by Crippen LogP contribution is 2.21. The normalized spacial score (nSPS) is 12.7. The maximum atomic E-state index is 13.4. The standard InChI is InChI=1S/C14H16ClFN2/c1-10(17)8-12-5-3-7-18(12)9-11-4-2-6-13(16)14(11)15/h2-7,10H,8-9,17H2,1H3. The van der Waals surface area contributed by atoms with Crippen molar-refractivity contribution in [3.63, 3.8) is 0 Å². The Morgan fingerprint density at radius 3 is 2.83 bits per heavy atom. The van der Waals surface area contributed by atoms with Crippen LogP contribution in [0.15, 0.2) is 36.5 Å². The van der Waals surface area contributed by atoms with Crippen molar-refractivity contribution in [2.45, 2.75) is 25.9 Å². The molecule has 0 saturated heterocycles. The van der Waals surface area contributed by atoms with Crippen molar-refractivity contribution in [1.82, 2.24) is 4.57 Å². The molecule has 2 aromatic rings. The average Bonchev–Trinajstić information content (AvgIpc) is 2.72. The first-order chi connectivity index (χ1) is 8.58. The Bertz CT molecular complexity index is 534. The number of aromatic nitrogens is 1. The lowest BCUT2D eigenvalue weighted by Crippen LogP contribution is -2.20. The van der Waals surface area contributed by atoms with E-state index < -0.39 is 0 Å². The molecule has 0 aliphatic heterocycles. The summed E-state index contributed by atoms with van der Waals surface area (Å²) >= 11 is 5.96. The van der Waals surface area contributed by atoms with Crippen LogP contribution in [0.5, 0.6) is 0 Å². The number of nitrogens with zero attached hydrogens (tertiary/aromatic N) is 1. The Kier molecular flexibility index (Phi) is 4.04. The van der Waals surface area contributed by atoms with Gasteiger partial charge in [0.1, 0.15) is 5.82 Å². The molecule has 0 amide bonds. The highest BCUT2D eigenvalue weighted by molar-refractivity contribution is 6.31. The minimum Gasteiger partial charge on any atom is -0.347 e. The smallest absolute Gasteiger partial charge is 0.142 e. The lowest BCUT2D eigenvalue weighted by Gasteiger charge is -2.12. The molecule has 1 aromatic heterocycles. The van der Waals surface area contributed by atoms with Crippen molar-refractivity contribution in [2.75, 3.05) is 0 Å². The van der Waals surface area contributed by atoms with Gasteiger partial charge in [-0.1, -0.05) is 23.7 Å². The molecule has 1 heterocycles. The molecule has 0 bridgehead atoms. The van der Waals surface area contributed by atoms with Crippen LogP contribution in [-0.4, -0.2) is 10.6 Å². The van der Waals surface area contributed by atoms with E-state index in [4.69, 9.17) is 17.3 Å². The largest absolute Gasteiger partial charge is 0.347 e. The van der Waals surface area contributed by atoms with E-state index in [2.05, 4.69) is 0 Å². The molecule has 0 aliphatic carbocycles. The van der Waals surface area contributed by atoms with Crippen molar-refractivity contribution in [3.05, 3.63) is 58.6 Å². The fraction of sp³-hybridized carbons (Fsp3) is 0.286. The maximum absolute atomic E-state index is 13.4. The van der Waals surface area contributed by atoms with Crippen molar-refractivity contribution in [1.29, 1.82) is 0 Å². The number of benzene rings is 1. The quantitative estimate of drug-likeness (QED) is 0.905. The SMILES string of the molecule is CC(N)Cc1cccn1Cc1cccc(F)c1Cl. The van der Waals surface area contributed by atoms with E-state index in [1.54, 1.807) is 6.07 Å². The summed E-state index contributed by atoms with van der Waals surface area (Å²) in [6, 6.07) is 8.96. The lowest BCUT2D eigenvalue weighted by molar-refractivity contribution is 0.621. The zero-order chi connectivity index (χ0) is 13.1. The van der Waals surface area contributed by atoms with Gasteiger partial charge >= 0.3 is 0 Å². The summed E-state index contributed by atoms with van der Waals surface area (Å²) in [6.45, 7) is 2.53. The van der Waals surface area contributed by atoms with E-state index in [0.717, 1.165) is 17.7 Å². The topological polar surface area (TPSA) is 30.9 Å². The van der Waals surface area contributed by atoms with Crippen LogP contribution in [0.4, 0.5) is 4.39 Å². The highest BCUT2D eigenvalue weighted by Gasteiger charge is 2.09. The molecule has 0 spiro atoms. The summed E-state index contributed by atoms with van der Waals surface area (Å²) in [5.41, 5.74) is 7.71. The van der Waals surface area contributed by atoms with E-state index in [0.29, 0.717) is 6.54 Å². The van der Waals surface area contributed by atoms with Crippen LogP contribution in [0.25, 0.3) is 0 Å². The molecule has 0 saturated carbocycles. The molecule has 1 atom stereocenters. The third-order valence-electron chi connectivity index (χ3n) is 2.83. The Morgan fingerprint density at radius 2 is 2.11 bits per heavy atom. The summed E-state index contributed by atoms with van der Waals surface area (Å²) in [6.07, 6.45) is 2.75. The van der Waals surface area contributed by atoms with Crippen molar-refractivity contribution in [2.24, 2.45) is 5.73 Å². The number of nitrogens with two attached hydrogens (primary N) is 1. The van der Waals surface area contributed by atoms with Gasteiger partial charge in [0.25, 0.3) is 0 Å². The van der Waals surface area contributed by atoms with Gasteiger partial charge < -0.3 is 10.3 Å². The van der Waals surface area contributed by atoms with Crippen LogP contribution >= 0.6 is 11.6 Å². The first-order valence-corrected chi connectivity index (χ1v) is 6.28. The van der Waals surface area contributed by atoms with Gasteiger partial charge in [0.2, 0.25) is 0 Å². The van der Waals surface area contributed by atoms with E-state index in [-0.39, 0.29) is 16.9 Å². The minimum absolute atomic E-state index is 0.0987. The fourth-order valence-corrected chi connectivity index (χ4v) is 2.16. The second kappa shape index (κ2) is 5.55. The molecule has 0 radical (unpaired) electrons. The molecular weight excluding hydrogens is 251 g/mol. The van der Waals surface area contributed by atoms with Gasteiger partial charge in [-0.3, -0.25) is 0 Å². The van der Waals surface area contributed by atoms with Crippen molar-refractivity contribution >= 4 is 11.6 Å². The third-order valence-corrected chi connectivity index (χ3v) is 3.25. The van der Waals surface area contributed by atoms with Crippen LogP contribution in [-0.2, 0) is 13.0 Å². The predicted molar refractivity (Wildman–Crippen MR) is 72.3 cm³/mol.